The van der Waals surface area contributed by atoms with Crippen molar-refractivity contribution in [3.8, 4) is 0 Å². The third-order valence-corrected chi connectivity index (χ3v) is 2.93. The van der Waals surface area contributed by atoms with Crippen LogP contribution in [-0.4, -0.2) is 11.7 Å². The van der Waals surface area contributed by atoms with Gasteiger partial charge in [-0.1, -0.05) is 59.1 Å². The van der Waals surface area contributed by atoms with Gasteiger partial charge in [-0.15, -0.1) is 0 Å². The third kappa shape index (κ3) is 5.16. The second-order valence-electron chi connectivity index (χ2n) is 4.21. The van der Waals surface area contributed by atoms with Crippen LogP contribution in [0.25, 0.3) is 0 Å². The van der Waals surface area contributed by atoms with Crippen LogP contribution in [0, 0.1) is 5.41 Å². The summed E-state index contributed by atoms with van der Waals surface area (Å²) in [6, 6.07) is 0. The van der Waals surface area contributed by atoms with E-state index in [1.165, 1.54) is 31.3 Å². The summed E-state index contributed by atoms with van der Waals surface area (Å²) in [5, 5.41) is 9.23. The standard InChI is InChI=1S/C10H18O.C3H8.C2H6/c1-3-6-10(8-11)7-5-9(10)4-2;1-3-2;1-2/h4,11H,3,5-8H2,1-2H3;3H2,1-2H3;1-2H3/b9-4+;;. The Morgan fingerprint density at radius 2 is 1.75 bits per heavy atom. The molecule has 1 aliphatic rings. The molecule has 0 heterocycles. The summed E-state index contributed by atoms with van der Waals surface area (Å²) in [5.74, 6) is 0. The predicted molar refractivity (Wildman–Crippen MR) is 74.7 cm³/mol. The Morgan fingerprint density at radius 1 is 1.25 bits per heavy atom. The Morgan fingerprint density at radius 3 is 1.94 bits per heavy atom. The van der Waals surface area contributed by atoms with Gasteiger partial charge in [0.1, 0.15) is 0 Å². The minimum atomic E-state index is 0.198. The summed E-state index contributed by atoms with van der Waals surface area (Å²) in [7, 11) is 0. The lowest BCUT2D eigenvalue weighted by Gasteiger charge is -2.43. The zero-order chi connectivity index (χ0) is 13.0. The monoisotopic (exact) mass is 228 g/mol. The number of aliphatic hydroxyl groups is 1. The van der Waals surface area contributed by atoms with Crippen molar-refractivity contribution in [2.45, 2.75) is 73.6 Å². The van der Waals surface area contributed by atoms with E-state index in [4.69, 9.17) is 0 Å². The van der Waals surface area contributed by atoms with E-state index in [2.05, 4.69) is 33.8 Å². The first-order valence-electron chi connectivity index (χ1n) is 6.97. The topological polar surface area (TPSA) is 20.2 Å². The van der Waals surface area contributed by atoms with E-state index in [9.17, 15) is 5.11 Å². The molecule has 1 rings (SSSR count). The van der Waals surface area contributed by atoms with Gasteiger partial charge in [-0.05, 0) is 26.2 Å². The van der Waals surface area contributed by atoms with Crippen LogP contribution in [0.15, 0.2) is 11.6 Å². The second-order valence-corrected chi connectivity index (χ2v) is 4.21. The molecule has 16 heavy (non-hydrogen) atoms. The van der Waals surface area contributed by atoms with E-state index in [1.54, 1.807) is 0 Å². The second kappa shape index (κ2) is 11.2. The maximum absolute atomic E-state index is 9.23. The van der Waals surface area contributed by atoms with Crippen molar-refractivity contribution in [1.82, 2.24) is 0 Å². The average molecular weight is 228 g/mol. The molecule has 0 aliphatic heterocycles. The quantitative estimate of drug-likeness (QED) is 0.678. The molecule has 1 nitrogen and oxygen atoms in total. The van der Waals surface area contributed by atoms with Crippen LogP contribution in [0.1, 0.15) is 73.6 Å². The van der Waals surface area contributed by atoms with Gasteiger partial charge in [0, 0.05) is 5.41 Å². The Bertz CT molecular complexity index is 168. The lowest BCUT2D eigenvalue weighted by Crippen LogP contribution is -2.36. The molecule has 0 aromatic heterocycles. The maximum atomic E-state index is 9.23. The lowest BCUT2D eigenvalue weighted by atomic mass is 9.62. The van der Waals surface area contributed by atoms with Crippen LogP contribution in [0.5, 0.6) is 0 Å². The molecular formula is C15H32O. The summed E-state index contributed by atoms with van der Waals surface area (Å²) in [6.45, 7) is 12.9. The molecule has 1 heteroatoms. The molecule has 1 aliphatic carbocycles. The highest BCUT2D eigenvalue weighted by Gasteiger charge is 2.39. The highest BCUT2D eigenvalue weighted by Crippen LogP contribution is 2.49. The molecule has 0 spiro atoms. The maximum Gasteiger partial charge on any atom is 0.0524 e. The Balaban J connectivity index is 0. The molecule has 0 bridgehead atoms. The SMILES string of the molecule is C/C=C1\CCC1(CO)CCC.CC.CCC. The molecule has 1 saturated carbocycles. The molecule has 1 fully saturated rings. The first-order chi connectivity index (χ1) is 7.70. The van der Waals surface area contributed by atoms with Gasteiger partial charge >= 0.3 is 0 Å². The summed E-state index contributed by atoms with van der Waals surface area (Å²) >= 11 is 0. The highest BCUT2D eigenvalue weighted by molar-refractivity contribution is 5.22. The summed E-state index contributed by atoms with van der Waals surface area (Å²) in [4.78, 5) is 0. The van der Waals surface area contributed by atoms with Gasteiger partial charge in [-0.2, -0.15) is 0 Å². The number of aliphatic hydroxyl groups excluding tert-OH is 1. The van der Waals surface area contributed by atoms with Gasteiger partial charge in [0.05, 0.1) is 6.61 Å². The normalized spacial score (nSPS) is 24.8. The fourth-order valence-corrected chi connectivity index (χ4v) is 2.10. The zero-order valence-electron chi connectivity index (χ0n) is 12.3. The molecule has 0 amide bonds. The minimum Gasteiger partial charge on any atom is -0.395 e. The highest BCUT2D eigenvalue weighted by atomic mass is 16.3. The average Bonchev–Trinajstić information content (AvgIpc) is 2.29. The molecule has 98 valence electrons. The van der Waals surface area contributed by atoms with E-state index < -0.39 is 0 Å². The van der Waals surface area contributed by atoms with Crippen molar-refractivity contribution >= 4 is 0 Å². The lowest BCUT2D eigenvalue weighted by molar-refractivity contribution is 0.0968. The first kappa shape index (κ1) is 18.1. The van der Waals surface area contributed by atoms with Crippen molar-refractivity contribution in [3.05, 3.63) is 11.6 Å². The number of rotatable bonds is 3. The van der Waals surface area contributed by atoms with E-state index in [0.29, 0.717) is 6.61 Å². The fraction of sp³-hybridized carbons (Fsp3) is 0.867. The van der Waals surface area contributed by atoms with Crippen LogP contribution >= 0.6 is 0 Å². The number of hydrogen-bond donors (Lipinski definition) is 1. The van der Waals surface area contributed by atoms with E-state index in [-0.39, 0.29) is 5.41 Å². The zero-order valence-corrected chi connectivity index (χ0v) is 12.3. The first-order valence-corrected chi connectivity index (χ1v) is 6.97. The largest absolute Gasteiger partial charge is 0.395 e. The van der Waals surface area contributed by atoms with Gasteiger partial charge in [0.15, 0.2) is 0 Å². The molecular weight excluding hydrogens is 196 g/mol. The van der Waals surface area contributed by atoms with Crippen LogP contribution in [0.3, 0.4) is 0 Å². The number of hydrogen-bond acceptors (Lipinski definition) is 1. The smallest absolute Gasteiger partial charge is 0.0524 e. The van der Waals surface area contributed by atoms with Crippen LogP contribution in [0.2, 0.25) is 0 Å². The molecule has 0 aromatic rings. The van der Waals surface area contributed by atoms with Crippen LogP contribution in [-0.2, 0) is 0 Å². The van der Waals surface area contributed by atoms with Gasteiger partial charge in [-0.3, -0.25) is 0 Å². The Hall–Kier alpha value is -0.300. The van der Waals surface area contributed by atoms with Crippen molar-refractivity contribution in [3.63, 3.8) is 0 Å². The van der Waals surface area contributed by atoms with E-state index in [1.807, 2.05) is 13.8 Å². The van der Waals surface area contributed by atoms with E-state index >= 15 is 0 Å². The summed E-state index contributed by atoms with van der Waals surface area (Å²) in [6.07, 6.45) is 8.16. The van der Waals surface area contributed by atoms with Crippen molar-refractivity contribution in [2.24, 2.45) is 5.41 Å². The molecule has 0 aromatic carbocycles. The van der Waals surface area contributed by atoms with Gasteiger partial charge < -0.3 is 5.11 Å². The van der Waals surface area contributed by atoms with Gasteiger partial charge in [0.2, 0.25) is 0 Å². The summed E-state index contributed by atoms with van der Waals surface area (Å²) < 4.78 is 0. The molecule has 0 radical (unpaired) electrons. The van der Waals surface area contributed by atoms with Crippen molar-refractivity contribution < 1.29 is 5.11 Å². The molecule has 1 N–H and O–H groups in total. The number of allylic oxidation sites excluding steroid dienone is 1. The van der Waals surface area contributed by atoms with Crippen LogP contribution < -0.4 is 0 Å². The predicted octanol–water partition coefficient (Wildman–Crippen LogP) is 4.95. The third-order valence-electron chi connectivity index (χ3n) is 2.93. The Kier molecular flexibility index (Phi) is 12.6. The van der Waals surface area contributed by atoms with Crippen molar-refractivity contribution in [1.29, 1.82) is 0 Å². The summed E-state index contributed by atoms with van der Waals surface area (Å²) in [5.41, 5.74) is 1.67. The molecule has 0 saturated heterocycles. The van der Waals surface area contributed by atoms with Crippen LogP contribution in [0.4, 0.5) is 0 Å². The molecule has 1 atom stereocenters. The Labute approximate surface area is 103 Å². The van der Waals surface area contributed by atoms with Crippen molar-refractivity contribution in [2.75, 3.05) is 6.61 Å². The van der Waals surface area contributed by atoms with E-state index in [0.717, 1.165) is 6.42 Å². The van der Waals surface area contributed by atoms with Gasteiger partial charge in [0.25, 0.3) is 0 Å². The minimum absolute atomic E-state index is 0.198. The van der Waals surface area contributed by atoms with Gasteiger partial charge in [-0.25, -0.2) is 0 Å². The molecule has 1 unspecified atom stereocenters. The fourth-order valence-electron chi connectivity index (χ4n) is 2.10.